The second-order valence-corrected chi connectivity index (χ2v) is 3.46. The van der Waals surface area contributed by atoms with Crippen molar-refractivity contribution >= 4 is 0 Å². The summed E-state index contributed by atoms with van der Waals surface area (Å²) in [6, 6.07) is 3.76. The van der Waals surface area contributed by atoms with Gasteiger partial charge in [-0.05, 0) is 25.6 Å². The Morgan fingerprint density at radius 1 is 1.31 bits per heavy atom. The molecule has 0 fully saturated rings. The Morgan fingerprint density at radius 2 is 2.06 bits per heavy atom. The van der Waals surface area contributed by atoms with Gasteiger partial charge in [-0.1, -0.05) is 6.92 Å². The molecule has 2 aromatic rings. The van der Waals surface area contributed by atoms with Crippen LogP contribution in [0.1, 0.15) is 25.8 Å². The minimum atomic E-state index is 0.0769. The van der Waals surface area contributed by atoms with E-state index in [9.17, 15) is 0 Å². The lowest BCUT2D eigenvalue weighted by atomic mass is 10.3. The normalized spacial score (nSPS) is 12.6. The first-order chi connectivity index (χ1) is 7.81. The summed E-state index contributed by atoms with van der Waals surface area (Å²) >= 11 is 0. The van der Waals surface area contributed by atoms with Gasteiger partial charge in [0, 0.05) is 18.0 Å². The number of rotatable bonds is 4. The summed E-state index contributed by atoms with van der Waals surface area (Å²) in [4.78, 5) is 3.94. The summed E-state index contributed by atoms with van der Waals surface area (Å²) in [5.41, 5.74) is 0.887. The lowest BCUT2D eigenvalue weighted by Gasteiger charge is -2.05. The van der Waals surface area contributed by atoms with Crippen molar-refractivity contribution in [2.24, 2.45) is 0 Å². The number of pyridine rings is 1. The molecule has 2 aromatic heterocycles. The number of nitrogens with one attached hydrogen (secondary N) is 1. The van der Waals surface area contributed by atoms with E-state index in [1.807, 2.05) is 26.0 Å². The number of nitrogens with zero attached hydrogens (tertiary/aromatic N) is 3. The zero-order valence-corrected chi connectivity index (χ0v) is 9.34. The van der Waals surface area contributed by atoms with Gasteiger partial charge in [0.15, 0.2) is 0 Å². The maximum atomic E-state index is 5.57. The number of hydrogen-bond acceptors (Lipinski definition) is 5. The van der Waals surface area contributed by atoms with Crippen LogP contribution in [0, 0.1) is 0 Å². The largest absolute Gasteiger partial charge is 0.419 e. The zero-order chi connectivity index (χ0) is 11.4. The first kappa shape index (κ1) is 10.8. The molecule has 5 nitrogen and oxygen atoms in total. The van der Waals surface area contributed by atoms with Crippen molar-refractivity contribution in [3.05, 3.63) is 30.4 Å². The standard InChI is InChI=1S/C11H14N4O/c1-3-13-8(2)10-14-15-11(16-10)9-4-6-12-7-5-9/h4-8,13H,3H2,1-2H3. The molecular formula is C11H14N4O. The number of hydrogen-bond donors (Lipinski definition) is 1. The van der Waals surface area contributed by atoms with E-state index < -0.39 is 0 Å². The van der Waals surface area contributed by atoms with Crippen molar-refractivity contribution in [1.29, 1.82) is 0 Å². The maximum Gasteiger partial charge on any atom is 0.247 e. The van der Waals surface area contributed by atoms with Gasteiger partial charge in [-0.3, -0.25) is 4.98 Å². The summed E-state index contributed by atoms with van der Waals surface area (Å²) in [5, 5.41) is 11.2. The fourth-order valence-electron chi connectivity index (χ4n) is 1.41. The van der Waals surface area contributed by atoms with E-state index >= 15 is 0 Å². The lowest BCUT2D eigenvalue weighted by Crippen LogP contribution is -2.17. The van der Waals surface area contributed by atoms with Crippen molar-refractivity contribution in [1.82, 2.24) is 20.5 Å². The van der Waals surface area contributed by atoms with Crippen molar-refractivity contribution < 1.29 is 4.42 Å². The Hall–Kier alpha value is -1.75. The third-order valence-corrected chi connectivity index (χ3v) is 2.25. The molecule has 84 valence electrons. The fraction of sp³-hybridized carbons (Fsp3) is 0.364. The van der Waals surface area contributed by atoms with Crippen LogP contribution in [0.3, 0.4) is 0 Å². The molecule has 0 aliphatic carbocycles. The molecule has 1 N–H and O–H groups in total. The highest BCUT2D eigenvalue weighted by Gasteiger charge is 2.13. The number of aromatic nitrogens is 3. The van der Waals surface area contributed by atoms with Gasteiger partial charge in [0.05, 0.1) is 6.04 Å². The summed E-state index contributed by atoms with van der Waals surface area (Å²) in [6.07, 6.45) is 3.40. The average Bonchev–Trinajstić information content (AvgIpc) is 2.80. The molecule has 1 atom stereocenters. The quantitative estimate of drug-likeness (QED) is 0.847. The van der Waals surface area contributed by atoms with E-state index in [0.29, 0.717) is 11.8 Å². The molecule has 0 spiro atoms. The van der Waals surface area contributed by atoms with Gasteiger partial charge >= 0.3 is 0 Å². The van der Waals surface area contributed by atoms with Gasteiger partial charge in [0.25, 0.3) is 0 Å². The predicted octanol–water partition coefficient (Wildman–Crippen LogP) is 1.80. The average molecular weight is 218 g/mol. The van der Waals surface area contributed by atoms with E-state index in [-0.39, 0.29) is 6.04 Å². The van der Waals surface area contributed by atoms with Crippen LogP contribution in [-0.2, 0) is 0 Å². The highest BCUT2D eigenvalue weighted by atomic mass is 16.4. The molecular weight excluding hydrogens is 204 g/mol. The Balaban J connectivity index is 2.20. The Labute approximate surface area is 93.9 Å². The van der Waals surface area contributed by atoms with Crippen LogP contribution in [0.4, 0.5) is 0 Å². The fourth-order valence-corrected chi connectivity index (χ4v) is 1.41. The van der Waals surface area contributed by atoms with Crippen LogP contribution in [0.5, 0.6) is 0 Å². The van der Waals surface area contributed by atoms with Crippen LogP contribution in [0.25, 0.3) is 11.5 Å². The molecule has 0 amide bonds. The summed E-state index contributed by atoms with van der Waals surface area (Å²) in [7, 11) is 0. The summed E-state index contributed by atoms with van der Waals surface area (Å²) < 4.78 is 5.57. The minimum absolute atomic E-state index is 0.0769. The molecule has 2 heterocycles. The molecule has 0 bridgehead atoms. The van der Waals surface area contributed by atoms with Crippen molar-refractivity contribution in [2.75, 3.05) is 6.54 Å². The topological polar surface area (TPSA) is 63.8 Å². The molecule has 16 heavy (non-hydrogen) atoms. The van der Waals surface area contributed by atoms with Crippen molar-refractivity contribution in [3.8, 4) is 11.5 Å². The van der Waals surface area contributed by atoms with Crippen LogP contribution in [0.2, 0.25) is 0 Å². The van der Waals surface area contributed by atoms with E-state index in [4.69, 9.17) is 4.42 Å². The maximum absolute atomic E-state index is 5.57. The highest BCUT2D eigenvalue weighted by Crippen LogP contribution is 2.19. The molecule has 0 saturated heterocycles. The van der Waals surface area contributed by atoms with E-state index in [0.717, 1.165) is 12.1 Å². The second kappa shape index (κ2) is 4.85. The first-order valence-corrected chi connectivity index (χ1v) is 5.28. The molecule has 1 unspecified atom stereocenters. The van der Waals surface area contributed by atoms with Gasteiger partial charge < -0.3 is 9.73 Å². The van der Waals surface area contributed by atoms with E-state index in [1.165, 1.54) is 0 Å². The Kier molecular flexibility index (Phi) is 3.26. The van der Waals surface area contributed by atoms with Gasteiger partial charge in [-0.25, -0.2) is 0 Å². The molecule has 0 aromatic carbocycles. The molecule has 0 saturated carbocycles. The molecule has 2 rings (SSSR count). The summed E-state index contributed by atoms with van der Waals surface area (Å²) in [5.74, 6) is 1.14. The Bertz CT molecular complexity index is 440. The predicted molar refractivity (Wildman–Crippen MR) is 59.6 cm³/mol. The van der Waals surface area contributed by atoms with Gasteiger partial charge in [-0.15, -0.1) is 10.2 Å². The first-order valence-electron chi connectivity index (χ1n) is 5.28. The second-order valence-electron chi connectivity index (χ2n) is 3.46. The third kappa shape index (κ3) is 2.25. The monoisotopic (exact) mass is 218 g/mol. The summed E-state index contributed by atoms with van der Waals surface area (Å²) in [6.45, 7) is 4.90. The minimum Gasteiger partial charge on any atom is -0.419 e. The van der Waals surface area contributed by atoms with Crippen molar-refractivity contribution in [2.45, 2.75) is 19.9 Å². The zero-order valence-electron chi connectivity index (χ0n) is 9.34. The SMILES string of the molecule is CCNC(C)c1nnc(-c2ccncc2)o1. The van der Waals surface area contributed by atoms with Crippen molar-refractivity contribution in [3.63, 3.8) is 0 Å². The third-order valence-electron chi connectivity index (χ3n) is 2.25. The molecule has 0 aliphatic heterocycles. The smallest absolute Gasteiger partial charge is 0.247 e. The van der Waals surface area contributed by atoms with Crippen LogP contribution < -0.4 is 5.32 Å². The van der Waals surface area contributed by atoms with E-state index in [1.54, 1.807) is 12.4 Å². The van der Waals surface area contributed by atoms with Crippen LogP contribution >= 0.6 is 0 Å². The molecule has 5 heteroatoms. The van der Waals surface area contributed by atoms with Gasteiger partial charge in [0.2, 0.25) is 11.8 Å². The van der Waals surface area contributed by atoms with Gasteiger partial charge in [0.1, 0.15) is 0 Å². The van der Waals surface area contributed by atoms with E-state index in [2.05, 4.69) is 20.5 Å². The Morgan fingerprint density at radius 3 is 2.75 bits per heavy atom. The highest BCUT2D eigenvalue weighted by molar-refractivity contribution is 5.50. The van der Waals surface area contributed by atoms with Crippen LogP contribution in [-0.4, -0.2) is 21.7 Å². The lowest BCUT2D eigenvalue weighted by molar-refractivity contribution is 0.429. The molecule has 0 aliphatic rings. The van der Waals surface area contributed by atoms with Crippen LogP contribution in [0.15, 0.2) is 28.9 Å². The van der Waals surface area contributed by atoms with Gasteiger partial charge in [-0.2, -0.15) is 0 Å². The molecule has 0 radical (unpaired) electrons.